The van der Waals surface area contributed by atoms with Crippen LogP contribution in [-0.4, -0.2) is 13.7 Å². The standard InChI is InChI=1S/C14H15BrO2S/c1-16-12-5-4-11(10-15)14(9-12)17-7-6-13-3-2-8-18-13/h2-5,8-9H,6-7,10H2,1H3. The maximum Gasteiger partial charge on any atom is 0.127 e. The number of hydrogen-bond acceptors (Lipinski definition) is 3. The first-order valence-electron chi connectivity index (χ1n) is 5.71. The normalized spacial score (nSPS) is 10.3. The minimum Gasteiger partial charge on any atom is -0.497 e. The number of benzene rings is 1. The number of ether oxygens (including phenoxy) is 2. The molecule has 0 aliphatic heterocycles. The molecule has 1 aromatic heterocycles. The summed E-state index contributed by atoms with van der Waals surface area (Å²) in [6.07, 6.45) is 0.941. The molecule has 0 aliphatic carbocycles. The van der Waals surface area contributed by atoms with Gasteiger partial charge in [0.25, 0.3) is 0 Å². The summed E-state index contributed by atoms with van der Waals surface area (Å²) < 4.78 is 11.1. The van der Waals surface area contributed by atoms with E-state index in [-0.39, 0.29) is 0 Å². The Labute approximate surface area is 120 Å². The molecule has 1 aromatic carbocycles. The number of alkyl halides is 1. The van der Waals surface area contributed by atoms with Gasteiger partial charge in [-0.25, -0.2) is 0 Å². The quantitative estimate of drug-likeness (QED) is 0.738. The molecule has 0 saturated carbocycles. The van der Waals surface area contributed by atoms with Crippen molar-refractivity contribution in [1.82, 2.24) is 0 Å². The van der Waals surface area contributed by atoms with E-state index < -0.39 is 0 Å². The number of thiophene rings is 1. The highest BCUT2D eigenvalue weighted by Crippen LogP contribution is 2.26. The van der Waals surface area contributed by atoms with Crippen LogP contribution in [0.15, 0.2) is 35.7 Å². The van der Waals surface area contributed by atoms with Crippen LogP contribution in [0.4, 0.5) is 0 Å². The Morgan fingerprint density at radius 1 is 1.28 bits per heavy atom. The van der Waals surface area contributed by atoms with Crippen LogP contribution in [-0.2, 0) is 11.8 Å². The van der Waals surface area contributed by atoms with E-state index in [0.29, 0.717) is 6.61 Å². The predicted molar refractivity (Wildman–Crippen MR) is 79.1 cm³/mol. The van der Waals surface area contributed by atoms with Crippen LogP contribution in [0.2, 0.25) is 0 Å². The highest BCUT2D eigenvalue weighted by molar-refractivity contribution is 9.08. The van der Waals surface area contributed by atoms with Crippen molar-refractivity contribution < 1.29 is 9.47 Å². The van der Waals surface area contributed by atoms with Gasteiger partial charge < -0.3 is 9.47 Å². The van der Waals surface area contributed by atoms with Gasteiger partial charge in [-0.3, -0.25) is 0 Å². The van der Waals surface area contributed by atoms with Crippen LogP contribution < -0.4 is 9.47 Å². The molecule has 0 N–H and O–H groups in total. The van der Waals surface area contributed by atoms with E-state index >= 15 is 0 Å². The Morgan fingerprint density at radius 2 is 2.17 bits per heavy atom. The van der Waals surface area contributed by atoms with E-state index in [1.165, 1.54) is 4.88 Å². The average Bonchev–Trinajstić information content (AvgIpc) is 2.92. The molecule has 0 spiro atoms. The molecule has 96 valence electrons. The van der Waals surface area contributed by atoms with Gasteiger partial charge in [-0.1, -0.05) is 28.1 Å². The molecule has 1 heterocycles. The van der Waals surface area contributed by atoms with Gasteiger partial charge in [-0.05, 0) is 17.5 Å². The smallest absolute Gasteiger partial charge is 0.127 e. The Bertz CT molecular complexity index is 483. The van der Waals surface area contributed by atoms with Gasteiger partial charge in [-0.15, -0.1) is 11.3 Å². The van der Waals surface area contributed by atoms with E-state index in [2.05, 4.69) is 33.4 Å². The van der Waals surface area contributed by atoms with Crippen molar-refractivity contribution in [2.45, 2.75) is 11.8 Å². The SMILES string of the molecule is COc1ccc(CBr)c(OCCc2cccs2)c1. The molecule has 4 heteroatoms. The van der Waals surface area contributed by atoms with Crippen molar-refractivity contribution in [1.29, 1.82) is 0 Å². The monoisotopic (exact) mass is 326 g/mol. The van der Waals surface area contributed by atoms with E-state index in [0.717, 1.165) is 28.8 Å². The summed E-state index contributed by atoms with van der Waals surface area (Å²) >= 11 is 5.23. The van der Waals surface area contributed by atoms with Crippen molar-refractivity contribution in [2.24, 2.45) is 0 Å². The molecular formula is C14H15BrO2S. The van der Waals surface area contributed by atoms with Gasteiger partial charge in [0.15, 0.2) is 0 Å². The first-order chi connectivity index (χ1) is 8.83. The van der Waals surface area contributed by atoms with E-state index in [1.807, 2.05) is 18.2 Å². The summed E-state index contributed by atoms with van der Waals surface area (Å²) in [5, 5.41) is 2.87. The second-order valence-corrected chi connectivity index (χ2v) is 5.38. The van der Waals surface area contributed by atoms with Crippen LogP contribution in [0.5, 0.6) is 11.5 Å². The lowest BCUT2D eigenvalue weighted by atomic mass is 10.2. The summed E-state index contributed by atoms with van der Waals surface area (Å²) in [6, 6.07) is 10.1. The largest absolute Gasteiger partial charge is 0.497 e. The fourth-order valence-corrected chi connectivity index (χ4v) is 2.78. The van der Waals surface area contributed by atoms with Crippen molar-refractivity contribution in [3.8, 4) is 11.5 Å². The van der Waals surface area contributed by atoms with Gasteiger partial charge in [0.05, 0.1) is 13.7 Å². The van der Waals surface area contributed by atoms with Crippen LogP contribution in [0, 0.1) is 0 Å². The van der Waals surface area contributed by atoms with Crippen LogP contribution >= 0.6 is 27.3 Å². The Hall–Kier alpha value is -1.00. The molecule has 0 radical (unpaired) electrons. The topological polar surface area (TPSA) is 18.5 Å². The Balaban J connectivity index is 1.98. The van der Waals surface area contributed by atoms with Gasteiger partial charge in [0.1, 0.15) is 11.5 Å². The molecule has 0 aliphatic rings. The first kappa shape index (κ1) is 13.4. The van der Waals surface area contributed by atoms with Gasteiger partial charge in [0, 0.05) is 28.3 Å². The maximum absolute atomic E-state index is 5.84. The first-order valence-corrected chi connectivity index (χ1v) is 7.71. The zero-order valence-corrected chi connectivity index (χ0v) is 12.6. The van der Waals surface area contributed by atoms with Gasteiger partial charge in [0.2, 0.25) is 0 Å². The molecular weight excluding hydrogens is 312 g/mol. The molecule has 2 rings (SSSR count). The molecule has 18 heavy (non-hydrogen) atoms. The molecule has 0 amide bonds. The van der Waals surface area contributed by atoms with E-state index in [4.69, 9.17) is 9.47 Å². The van der Waals surface area contributed by atoms with Crippen molar-refractivity contribution in [3.63, 3.8) is 0 Å². The van der Waals surface area contributed by atoms with Gasteiger partial charge in [-0.2, -0.15) is 0 Å². The lowest BCUT2D eigenvalue weighted by Gasteiger charge is -2.11. The number of hydrogen-bond donors (Lipinski definition) is 0. The third-order valence-electron chi connectivity index (χ3n) is 2.60. The summed E-state index contributed by atoms with van der Waals surface area (Å²) in [5.74, 6) is 1.72. The van der Waals surface area contributed by atoms with Gasteiger partial charge >= 0.3 is 0 Å². The number of rotatable bonds is 6. The molecule has 2 nitrogen and oxygen atoms in total. The lowest BCUT2D eigenvalue weighted by Crippen LogP contribution is -2.02. The maximum atomic E-state index is 5.84. The molecule has 0 fully saturated rings. The Kier molecular flexibility index (Phi) is 5.08. The minimum absolute atomic E-state index is 0.688. The van der Waals surface area contributed by atoms with Crippen molar-refractivity contribution >= 4 is 27.3 Å². The zero-order valence-electron chi connectivity index (χ0n) is 10.2. The third-order valence-corrected chi connectivity index (χ3v) is 4.14. The highest BCUT2D eigenvalue weighted by atomic mass is 79.9. The summed E-state index contributed by atoms with van der Waals surface area (Å²) in [5.41, 5.74) is 1.14. The summed E-state index contributed by atoms with van der Waals surface area (Å²) in [7, 11) is 1.67. The number of halogens is 1. The summed E-state index contributed by atoms with van der Waals surface area (Å²) in [6.45, 7) is 0.688. The summed E-state index contributed by atoms with van der Waals surface area (Å²) in [4.78, 5) is 1.35. The molecule has 0 saturated heterocycles. The lowest BCUT2D eigenvalue weighted by molar-refractivity contribution is 0.317. The molecule has 0 bridgehead atoms. The van der Waals surface area contributed by atoms with Crippen LogP contribution in [0.3, 0.4) is 0 Å². The van der Waals surface area contributed by atoms with Crippen molar-refractivity contribution in [3.05, 3.63) is 46.2 Å². The minimum atomic E-state index is 0.688. The fraction of sp³-hybridized carbons (Fsp3) is 0.286. The molecule has 0 atom stereocenters. The van der Waals surface area contributed by atoms with Crippen LogP contribution in [0.25, 0.3) is 0 Å². The van der Waals surface area contributed by atoms with E-state index in [1.54, 1.807) is 18.4 Å². The highest BCUT2D eigenvalue weighted by Gasteiger charge is 2.05. The Morgan fingerprint density at radius 3 is 2.83 bits per heavy atom. The average molecular weight is 327 g/mol. The fourth-order valence-electron chi connectivity index (χ4n) is 1.62. The predicted octanol–water partition coefficient (Wildman–Crippen LogP) is 4.27. The number of methoxy groups -OCH3 is 1. The third kappa shape index (κ3) is 3.50. The zero-order chi connectivity index (χ0) is 12.8. The van der Waals surface area contributed by atoms with E-state index in [9.17, 15) is 0 Å². The second kappa shape index (κ2) is 6.81. The molecule has 2 aromatic rings. The molecule has 0 unspecified atom stereocenters. The van der Waals surface area contributed by atoms with Crippen molar-refractivity contribution in [2.75, 3.05) is 13.7 Å². The van der Waals surface area contributed by atoms with Crippen LogP contribution in [0.1, 0.15) is 10.4 Å². The second-order valence-electron chi connectivity index (χ2n) is 3.79.